The molecule has 1 fully saturated rings. The molecule has 0 aromatic heterocycles. The predicted octanol–water partition coefficient (Wildman–Crippen LogP) is 0.277. The van der Waals surface area contributed by atoms with Crippen LogP contribution in [0.4, 0.5) is 0 Å². The number of allylic oxidation sites excluding steroid dienone is 2. The second-order valence-electron chi connectivity index (χ2n) is 6.23. The van der Waals surface area contributed by atoms with E-state index in [9.17, 15) is 14.4 Å². The molecule has 1 aliphatic rings. The number of hydrogen-bond donors (Lipinski definition) is 2. The first-order chi connectivity index (χ1) is 12.6. The van der Waals surface area contributed by atoms with Gasteiger partial charge in [-0.15, -0.1) is 0 Å². The van der Waals surface area contributed by atoms with Crippen molar-refractivity contribution in [1.29, 1.82) is 0 Å². The molecule has 0 saturated carbocycles. The number of carbonyl (C=O) groups is 3. The number of carboxylic acid groups (broad SMARTS) is 1. The third kappa shape index (κ3) is 23.7. The number of aliphatic imine (C=N–C) groups is 1. The van der Waals surface area contributed by atoms with Gasteiger partial charge >= 0.3 is 181 Å². The first kappa shape index (κ1) is 64.2. The van der Waals surface area contributed by atoms with Crippen LogP contribution in [0.5, 0.6) is 0 Å². The van der Waals surface area contributed by atoms with Gasteiger partial charge in [-0.2, -0.15) is 0 Å². The van der Waals surface area contributed by atoms with Crippen LogP contribution >= 0.6 is 0 Å². The van der Waals surface area contributed by atoms with Crippen LogP contribution in [0, 0.1) is 49.1 Å². The van der Waals surface area contributed by atoms with Gasteiger partial charge in [0, 0.05) is 200 Å². The monoisotopic (exact) mass is 2420 g/mol. The largest absolute Gasteiger partial charge is 0 e. The molecular formula is C18H21N3O4UW10-2. The fourth-order valence-electron chi connectivity index (χ4n) is 2.58. The number of carboxylic acids is 1. The van der Waals surface area contributed by atoms with Gasteiger partial charge in [-0.3, -0.25) is 0 Å². The SMILES string of the molecule is [CH-]=N[C-]=C(/C=C\[C](=[W])N1CC(C(=O)NC(C)CC(=O)O)C(C)C1=O)[C](C)=[W].[U].[W].[W].[W].[W].[W].[W].[W].[W]. The van der Waals surface area contributed by atoms with Crippen LogP contribution in [0.15, 0.2) is 22.7 Å². The second-order valence-corrected chi connectivity index (χ2v) is 9.94. The van der Waals surface area contributed by atoms with E-state index in [1.54, 1.807) is 24.8 Å². The van der Waals surface area contributed by atoms with Crippen molar-refractivity contribution in [1.82, 2.24) is 10.2 Å². The number of carbonyl (C=O) groups excluding carboxylic acids is 2. The minimum absolute atomic E-state index is 0. The average Bonchev–Trinajstić information content (AvgIpc) is 2.86. The fraction of sp³-hybridized carbons (Fsp3) is 0.444. The summed E-state index contributed by atoms with van der Waals surface area (Å²) < 4.78 is 1.85. The van der Waals surface area contributed by atoms with E-state index in [1.807, 2.05) is 13.0 Å². The molecule has 1 rings (SSSR count). The Morgan fingerprint density at radius 2 is 1.64 bits per heavy atom. The molecule has 18 heteroatoms. The average molecular weight is 2420 g/mol. The molecule has 36 heavy (non-hydrogen) atoms. The maximum Gasteiger partial charge on any atom is 0 e. The smallest absolute Gasteiger partial charge is 0 e. The normalized spacial score (nSPS) is 15.9. The van der Waals surface area contributed by atoms with Crippen molar-refractivity contribution in [2.45, 2.75) is 33.2 Å². The van der Waals surface area contributed by atoms with Gasteiger partial charge < -0.3 is 0 Å². The summed E-state index contributed by atoms with van der Waals surface area (Å²) in [7, 11) is 0. The van der Waals surface area contributed by atoms with Crippen molar-refractivity contribution < 1.29 is 258 Å². The number of aliphatic carboxylic acids is 1. The maximum atomic E-state index is 12.6. The molecule has 1 saturated heterocycles. The van der Waals surface area contributed by atoms with Crippen LogP contribution in [0.2, 0.25) is 0 Å². The third-order valence-corrected chi connectivity index (χ3v) is 6.14. The predicted molar refractivity (Wildman–Crippen MR) is 94.3 cm³/mol. The molecule has 0 spiro atoms. The van der Waals surface area contributed by atoms with Crippen LogP contribution < -0.4 is 5.32 Å². The zero-order chi connectivity index (χ0) is 20.7. The Morgan fingerprint density at radius 1 is 1.17 bits per heavy atom. The number of nitrogens with zero attached hydrogens (tertiary/aromatic N) is 2. The van der Waals surface area contributed by atoms with Crippen LogP contribution in [0.1, 0.15) is 27.2 Å². The summed E-state index contributed by atoms with van der Waals surface area (Å²) in [4.78, 5) is 40.8. The van der Waals surface area contributed by atoms with E-state index in [0.29, 0.717) is 0 Å². The molecule has 2 N–H and O–H groups in total. The Labute approximate surface area is 373 Å². The number of amides is 2. The summed E-state index contributed by atoms with van der Waals surface area (Å²) in [6, 6.07) is -0.490. The Bertz CT molecular complexity index is 757. The first-order valence-electron chi connectivity index (χ1n) is 8.17. The minimum Gasteiger partial charge on any atom is 0 e. The maximum absolute atomic E-state index is 12.6. The van der Waals surface area contributed by atoms with Crippen molar-refractivity contribution in [3.8, 4) is 0 Å². The summed E-state index contributed by atoms with van der Waals surface area (Å²) in [5, 5.41) is 11.5. The summed E-state index contributed by atoms with van der Waals surface area (Å²) >= 11 is 2.36. The van der Waals surface area contributed by atoms with Gasteiger partial charge in [-0.25, -0.2) is 0 Å². The molecule has 3 atom stereocenters. The van der Waals surface area contributed by atoms with Gasteiger partial charge in [0.05, 0.1) is 0 Å². The summed E-state index contributed by atoms with van der Waals surface area (Å²) in [6.07, 6.45) is 6.17. The van der Waals surface area contributed by atoms with Gasteiger partial charge in [0.25, 0.3) is 0 Å². The van der Waals surface area contributed by atoms with E-state index in [-0.39, 0.29) is 224 Å². The van der Waals surface area contributed by atoms with Crippen LogP contribution in [0.3, 0.4) is 0 Å². The molecule has 3 unspecified atom stereocenters. The van der Waals surface area contributed by atoms with E-state index >= 15 is 0 Å². The van der Waals surface area contributed by atoms with Crippen molar-refractivity contribution >= 4 is 32.4 Å². The van der Waals surface area contributed by atoms with Gasteiger partial charge in [-0.1, -0.05) is 0 Å². The Morgan fingerprint density at radius 3 is 2.03 bits per heavy atom. The van der Waals surface area contributed by atoms with Gasteiger partial charge in [0.2, 0.25) is 0 Å². The van der Waals surface area contributed by atoms with E-state index < -0.39 is 23.8 Å². The van der Waals surface area contributed by atoms with Crippen molar-refractivity contribution in [3.63, 3.8) is 0 Å². The Hall–Kier alpha value is 5.24. The molecule has 0 aromatic carbocycles. The zero-order valence-electron chi connectivity index (χ0n) is 19.0. The summed E-state index contributed by atoms with van der Waals surface area (Å²) in [5.41, 5.74) is 0.766. The molecule has 0 bridgehead atoms. The van der Waals surface area contributed by atoms with Crippen LogP contribution in [0.25, 0.3) is 0 Å². The summed E-state index contributed by atoms with van der Waals surface area (Å²) in [6.45, 7) is 10.7. The number of likely N-dealkylation sites (tertiary alicyclic amines) is 1. The second kappa shape index (κ2) is 34.7. The molecule has 0 aromatic rings. The number of hydrogen-bond acceptors (Lipinski definition) is 4. The first-order valence-corrected chi connectivity index (χ1v) is 11.1. The summed E-state index contributed by atoms with van der Waals surface area (Å²) in [5.74, 6) is -2.37. The van der Waals surface area contributed by atoms with Gasteiger partial charge in [0.1, 0.15) is 0 Å². The van der Waals surface area contributed by atoms with Crippen molar-refractivity contribution in [2.24, 2.45) is 16.8 Å². The third-order valence-electron chi connectivity index (χ3n) is 4.07. The van der Waals surface area contributed by atoms with Crippen molar-refractivity contribution in [2.75, 3.05) is 6.54 Å². The molecule has 2 amide bonds. The molecule has 7 nitrogen and oxygen atoms in total. The van der Waals surface area contributed by atoms with E-state index in [0.717, 1.165) is 32.8 Å². The van der Waals surface area contributed by atoms with Gasteiger partial charge in [0.15, 0.2) is 0 Å². The standard InChI is InChI=1S/C18H21N3O4.U.10W/c1-5-14(10-19-4)7-6-8-21-11-15(13(3)18(21)25)17(24)20-12(2)9-16(22)23;;;;;;;;;;;/h4,6-7,12-13,15H,9,11H2,1-3H3,(H,20,24)(H,22,23);;;;;;;;;;;/q-2;;;;;;;;;;;/b7-6-;;;;;;;;;;;. The van der Waals surface area contributed by atoms with E-state index in [2.05, 4.69) is 16.5 Å². The fourth-order valence-corrected chi connectivity index (χ4v) is 3.83. The van der Waals surface area contributed by atoms with Crippen molar-refractivity contribution in [3.05, 3.63) is 23.9 Å². The molecule has 1 heterocycles. The number of nitrogens with one attached hydrogen (secondary N) is 1. The quantitative estimate of drug-likeness (QED) is 0.197. The van der Waals surface area contributed by atoms with Crippen LogP contribution in [-0.4, -0.2) is 55.0 Å². The van der Waals surface area contributed by atoms with E-state index in [1.165, 1.54) is 19.4 Å². The van der Waals surface area contributed by atoms with Crippen LogP contribution in [-0.2, 0) is 222 Å². The topological polar surface area (TPSA) is 99.1 Å². The van der Waals surface area contributed by atoms with E-state index in [4.69, 9.17) is 11.8 Å². The number of rotatable bonds is 9. The molecule has 1 aliphatic heterocycles. The Balaban J connectivity index is -0.000000116. The molecule has 0 radical (unpaired) electrons. The molecule has 0 aliphatic carbocycles. The zero-order valence-corrected chi connectivity index (χ0v) is 52.5. The minimum atomic E-state index is -0.979. The molecule has 198 valence electrons. The molecular weight excluding hydrogens is 2400 g/mol. The van der Waals surface area contributed by atoms with Gasteiger partial charge in [-0.05, 0) is 0 Å². The Kier molecular flexibility index (Phi) is 62.0.